The van der Waals surface area contributed by atoms with Crippen molar-refractivity contribution in [1.29, 1.82) is 0 Å². The second-order valence-electron chi connectivity index (χ2n) is 8.30. The predicted octanol–water partition coefficient (Wildman–Crippen LogP) is 3.02. The number of nitrogens with zero attached hydrogens (tertiary/aromatic N) is 5. The third kappa shape index (κ3) is 5.42. The van der Waals surface area contributed by atoms with Crippen molar-refractivity contribution in [2.24, 2.45) is 7.05 Å². The van der Waals surface area contributed by atoms with Crippen LogP contribution in [0.2, 0.25) is 0 Å². The van der Waals surface area contributed by atoms with E-state index < -0.39 is 10.0 Å². The van der Waals surface area contributed by atoms with E-state index in [1.165, 1.54) is 6.20 Å². The molecular weight excluding hydrogens is 442 g/mol. The molecular formula is C22H29N7O3S. The molecule has 0 radical (unpaired) electrons. The lowest BCUT2D eigenvalue weighted by atomic mass is 10.2. The third-order valence-corrected chi connectivity index (χ3v) is 6.48. The number of aryl methyl sites for hydroxylation is 2. The standard InChI is InChI=1S/C22H29N7O3S/c1-15(2)21-26-20(14-28(21)4)33(30,31)27-18-7-5-17(6-8-18)24-19-13-16(3)23-22(25-19)29-9-11-32-12-10-29/h5-8,13-15,27H,9-12H2,1-4H3,(H,23,24,25). The van der Waals surface area contributed by atoms with Crippen molar-refractivity contribution >= 4 is 33.2 Å². The minimum absolute atomic E-state index is 0.00278. The summed E-state index contributed by atoms with van der Waals surface area (Å²) in [5, 5.41) is 3.27. The van der Waals surface area contributed by atoms with E-state index in [9.17, 15) is 8.42 Å². The molecule has 33 heavy (non-hydrogen) atoms. The van der Waals surface area contributed by atoms with E-state index in [1.54, 1.807) is 35.9 Å². The summed E-state index contributed by atoms with van der Waals surface area (Å²) in [7, 11) is -1.99. The van der Waals surface area contributed by atoms with Crippen molar-refractivity contribution in [3.63, 3.8) is 0 Å². The Hall–Kier alpha value is -3.18. The Balaban J connectivity index is 1.46. The molecule has 1 aromatic carbocycles. The van der Waals surface area contributed by atoms with Gasteiger partial charge in [0.2, 0.25) is 5.95 Å². The first-order valence-electron chi connectivity index (χ1n) is 10.8. The number of hydrogen-bond donors (Lipinski definition) is 2. The van der Waals surface area contributed by atoms with Crippen LogP contribution in [0, 0.1) is 6.92 Å². The number of nitrogens with one attached hydrogen (secondary N) is 2. The highest BCUT2D eigenvalue weighted by molar-refractivity contribution is 7.92. The molecule has 1 fully saturated rings. The first-order chi connectivity index (χ1) is 15.7. The molecule has 0 amide bonds. The van der Waals surface area contributed by atoms with E-state index >= 15 is 0 Å². The van der Waals surface area contributed by atoms with Crippen molar-refractivity contribution in [2.75, 3.05) is 41.2 Å². The maximum atomic E-state index is 12.8. The van der Waals surface area contributed by atoms with Crippen LogP contribution in [0.5, 0.6) is 0 Å². The molecule has 2 N–H and O–H groups in total. The van der Waals surface area contributed by atoms with E-state index in [4.69, 9.17) is 4.74 Å². The fraction of sp³-hybridized carbons (Fsp3) is 0.409. The predicted molar refractivity (Wildman–Crippen MR) is 128 cm³/mol. The van der Waals surface area contributed by atoms with Crippen molar-refractivity contribution in [3.05, 3.63) is 48.0 Å². The van der Waals surface area contributed by atoms with Gasteiger partial charge in [0.15, 0.2) is 5.03 Å². The lowest BCUT2D eigenvalue weighted by Gasteiger charge is -2.27. The number of benzene rings is 1. The van der Waals surface area contributed by atoms with Crippen molar-refractivity contribution < 1.29 is 13.2 Å². The van der Waals surface area contributed by atoms with Crippen LogP contribution in [0.15, 0.2) is 41.6 Å². The first-order valence-corrected chi connectivity index (χ1v) is 12.3. The summed E-state index contributed by atoms with van der Waals surface area (Å²) in [5.74, 6) is 2.18. The van der Waals surface area contributed by atoms with E-state index in [-0.39, 0.29) is 10.9 Å². The fourth-order valence-corrected chi connectivity index (χ4v) is 4.68. The van der Waals surface area contributed by atoms with Crippen LogP contribution in [0.4, 0.5) is 23.1 Å². The first kappa shape index (κ1) is 23.0. The topological polar surface area (TPSA) is 114 Å². The minimum atomic E-state index is -3.78. The minimum Gasteiger partial charge on any atom is -0.378 e. The van der Waals surface area contributed by atoms with Gasteiger partial charge in [-0.3, -0.25) is 4.72 Å². The molecule has 0 unspecified atom stereocenters. The van der Waals surface area contributed by atoms with Gasteiger partial charge in [-0.1, -0.05) is 13.8 Å². The molecule has 4 rings (SSSR count). The molecule has 1 aliphatic heterocycles. The summed E-state index contributed by atoms with van der Waals surface area (Å²) in [4.78, 5) is 15.5. The SMILES string of the molecule is Cc1cc(Nc2ccc(NS(=O)(=O)c3cn(C)c(C(C)C)n3)cc2)nc(N2CCOCC2)n1. The highest BCUT2D eigenvalue weighted by atomic mass is 32.2. The molecule has 176 valence electrons. The van der Waals surface area contributed by atoms with Gasteiger partial charge in [-0.05, 0) is 31.2 Å². The van der Waals surface area contributed by atoms with E-state index in [0.29, 0.717) is 36.5 Å². The van der Waals surface area contributed by atoms with Gasteiger partial charge in [0.05, 0.1) is 13.2 Å². The van der Waals surface area contributed by atoms with Crippen molar-refractivity contribution in [2.45, 2.75) is 31.7 Å². The van der Waals surface area contributed by atoms with Crippen molar-refractivity contribution in [1.82, 2.24) is 19.5 Å². The van der Waals surface area contributed by atoms with Gasteiger partial charge < -0.3 is 19.5 Å². The molecule has 1 saturated heterocycles. The number of anilines is 4. The molecule has 10 nitrogen and oxygen atoms in total. The highest BCUT2D eigenvalue weighted by Crippen LogP contribution is 2.23. The largest absolute Gasteiger partial charge is 0.378 e. The molecule has 1 aliphatic rings. The Kier molecular flexibility index (Phi) is 6.52. The van der Waals surface area contributed by atoms with Gasteiger partial charge in [0.1, 0.15) is 11.6 Å². The van der Waals surface area contributed by atoms with Gasteiger partial charge >= 0.3 is 0 Å². The Morgan fingerprint density at radius 3 is 2.33 bits per heavy atom. The summed E-state index contributed by atoms with van der Waals surface area (Å²) < 4.78 is 35.2. The highest BCUT2D eigenvalue weighted by Gasteiger charge is 2.21. The summed E-state index contributed by atoms with van der Waals surface area (Å²) in [6.07, 6.45) is 1.52. The smallest absolute Gasteiger partial charge is 0.280 e. The Morgan fingerprint density at radius 2 is 1.70 bits per heavy atom. The van der Waals surface area contributed by atoms with Crippen LogP contribution in [-0.2, 0) is 21.8 Å². The van der Waals surface area contributed by atoms with Crippen LogP contribution in [0.25, 0.3) is 0 Å². The number of imidazole rings is 1. The molecule has 3 heterocycles. The third-order valence-electron chi connectivity index (χ3n) is 5.23. The van der Waals surface area contributed by atoms with Gasteiger partial charge in [0.25, 0.3) is 10.0 Å². The number of morpholine rings is 1. The molecule has 0 bridgehead atoms. The zero-order chi connectivity index (χ0) is 23.6. The molecule has 0 aliphatic carbocycles. The van der Waals surface area contributed by atoms with Gasteiger partial charge in [-0.25, -0.2) is 9.97 Å². The maximum Gasteiger partial charge on any atom is 0.280 e. The number of rotatable bonds is 7. The summed E-state index contributed by atoms with van der Waals surface area (Å²) in [5.41, 5.74) is 2.09. The van der Waals surface area contributed by atoms with Crippen LogP contribution in [0.3, 0.4) is 0 Å². The zero-order valence-corrected chi connectivity index (χ0v) is 20.1. The number of ether oxygens (including phenoxy) is 1. The number of aromatic nitrogens is 4. The zero-order valence-electron chi connectivity index (χ0n) is 19.2. The Labute approximate surface area is 194 Å². The Bertz CT molecular complexity index is 1220. The van der Waals surface area contributed by atoms with Crippen LogP contribution < -0.4 is 14.9 Å². The molecule has 0 saturated carbocycles. The van der Waals surface area contributed by atoms with E-state index in [1.807, 2.05) is 26.8 Å². The average molecular weight is 472 g/mol. The quantitative estimate of drug-likeness (QED) is 0.540. The average Bonchev–Trinajstić information content (AvgIpc) is 3.18. The monoisotopic (exact) mass is 471 g/mol. The van der Waals surface area contributed by atoms with Crippen molar-refractivity contribution in [3.8, 4) is 0 Å². The summed E-state index contributed by atoms with van der Waals surface area (Å²) >= 11 is 0. The van der Waals surface area contributed by atoms with Gasteiger partial charge in [-0.2, -0.15) is 13.4 Å². The lowest BCUT2D eigenvalue weighted by Crippen LogP contribution is -2.37. The van der Waals surface area contributed by atoms with Crippen LogP contribution in [-0.4, -0.2) is 54.2 Å². The van der Waals surface area contributed by atoms with Crippen LogP contribution >= 0.6 is 0 Å². The van der Waals surface area contributed by atoms with Crippen LogP contribution in [0.1, 0.15) is 31.3 Å². The van der Waals surface area contributed by atoms with Gasteiger partial charge in [0, 0.05) is 55.4 Å². The van der Waals surface area contributed by atoms with E-state index in [0.717, 1.165) is 24.5 Å². The lowest BCUT2D eigenvalue weighted by molar-refractivity contribution is 0.122. The molecule has 11 heteroatoms. The second kappa shape index (κ2) is 9.36. The maximum absolute atomic E-state index is 12.8. The summed E-state index contributed by atoms with van der Waals surface area (Å²) in [6, 6.07) is 8.85. The molecule has 0 spiro atoms. The Morgan fingerprint density at radius 1 is 1.03 bits per heavy atom. The van der Waals surface area contributed by atoms with E-state index in [2.05, 4.69) is 29.9 Å². The second-order valence-corrected chi connectivity index (χ2v) is 9.93. The van der Waals surface area contributed by atoms with Gasteiger partial charge in [-0.15, -0.1) is 0 Å². The molecule has 0 atom stereocenters. The normalized spacial score (nSPS) is 14.5. The number of hydrogen-bond acceptors (Lipinski definition) is 8. The molecule has 3 aromatic rings. The number of sulfonamides is 1. The molecule has 2 aromatic heterocycles. The summed E-state index contributed by atoms with van der Waals surface area (Å²) in [6.45, 7) is 8.71. The fourth-order valence-electron chi connectivity index (χ4n) is 3.62.